The summed E-state index contributed by atoms with van der Waals surface area (Å²) in [6, 6.07) is 13.2. The van der Waals surface area contributed by atoms with Gasteiger partial charge in [0, 0.05) is 43.0 Å². The van der Waals surface area contributed by atoms with Crippen LogP contribution in [0.5, 0.6) is 0 Å². The van der Waals surface area contributed by atoms with Crippen LogP contribution in [0.4, 0.5) is 24.7 Å². The normalized spacial score (nSPS) is 15.0. The number of morpholine rings is 1. The maximum absolute atomic E-state index is 13.6. The van der Waals surface area contributed by atoms with Crippen molar-refractivity contribution in [2.24, 2.45) is 0 Å². The Morgan fingerprint density at radius 3 is 2.49 bits per heavy atom. The van der Waals surface area contributed by atoms with Crippen LogP contribution in [0.3, 0.4) is 0 Å². The van der Waals surface area contributed by atoms with Crippen LogP contribution in [-0.4, -0.2) is 61.1 Å². The van der Waals surface area contributed by atoms with Gasteiger partial charge < -0.3 is 14.8 Å². The number of nitrogens with zero attached hydrogens (tertiary/aromatic N) is 4. The number of ether oxygens (including phenoxy) is 2. The van der Waals surface area contributed by atoms with E-state index in [0.29, 0.717) is 54.5 Å². The number of hydrogen-bond acceptors (Lipinski definition) is 8. The lowest BCUT2D eigenvalue weighted by Gasteiger charge is -2.26. The van der Waals surface area contributed by atoms with Crippen molar-refractivity contribution in [3.05, 3.63) is 72.2 Å². The van der Waals surface area contributed by atoms with Crippen LogP contribution in [0, 0.1) is 0 Å². The molecule has 0 radical (unpaired) electrons. The number of sulfonamides is 1. The summed E-state index contributed by atoms with van der Waals surface area (Å²) in [7, 11) is -2.17. The average Bonchev–Trinajstić information content (AvgIpc) is 2.93. The second kappa shape index (κ2) is 10.8. The quantitative estimate of drug-likeness (QED) is 0.350. The van der Waals surface area contributed by atoms with Crippen LogP contribution in [0.2, 0.25) is 0 Å². The molecule has 0 amide bonds. The molecule has 3 heterocycles. The van der Waals surface area contributed by atoms with E-state index < -0.39 is 21.8 Å². The smallest absolute Gasteiger partial charge is 0.379 e. The van der Waals surface area contributed by atoms with E-state index in [1.807, 2.05) is 0 Å². The van der Waals surface area contributed by atoms with Crippen LogP contribution in [0.1, 0.15) is 11.4 Å². The highest BCUT2D eigenvalue weighted by atomic mass is 32.2. The number of methoxy groups -OCH3 is 1. The predicted molar refractivity (Wildman–Crippen MR) is 138 cm³/mol. The number of pyridine rings is 1. The minimum atomic E-state index is -4.57. The van der Waals surface area contributed by atoms with Gasteiger partial charge in [-0.25, -0.2) is 18.4 Å². The first-order valence-corrected chi connectivity index (χ1v) is 13.4. The molecule has 0 atom stereocenters. The molecule has 0 aliphatic carbocycles. The van der Waals surface area contributed by atoms with Crippen molar-refractivity contribution >= 4 is 32.4 Å². The highest BCUT2D eigenvalue weighted by Crippen LogP contribution is 2.37. The van der Waals surface area contributed by atoms with Crippen molar-refractivity contribution in [3.8, 4) is 11.3 Å². The molecule has 1 N–H and O–H groups in total. The summed E-state index contributed by atoms with van der Waals surface area (Å²) in [5.41, 5.74) is 0.155. The molecule has 2 aromatic heterocycles. The fraction of sp³-hybridized carbons (Fsp3) is 0.269. The van der Waals surface area contributed by atoms with Crippen molar-refractivity contribution in [2.75, 3.05) is 38.7 Å². The van der Waals surface area contributed by atoms with Gasteiger partial charge in [0.25, 0.3) is 0 Å². The van der Waals surface area contributed by atoms with Gasteiger partial charge in [0.15, 0.2) is 5.82 Å². The molecule has 4 aromatic rings. The Kier molecular flexibility index (Phi) is 7.49. The van der Waals surface area contributed by atoms with Crippen LogP contribution in [-0.2, 0) is 32.3 Å². The zero-order chi connectivity index (χ0) is 27.6. The zero-order valence-electron chi connectivity index (χ0n) is 20.8. The molecule has 2 aromatic carbocycles. The van der Waals surface area contributed by atoms with Gasteiger partial charge in [-0.1, -0.05) is 6.07 Å². The molecule has 9 nitrogen and oxygen atoms in total. The van der Waals surface area contributed by atoms with Gasteiger partial charge in [0.05, 0.1) is 34.9 Å². The van der Waals surface area contributed by atoms with Gasteiger partial charge in [0.1, 0.15) is 12.4 Å². The molecule has 0 saturated carbocycles. The van der Waals surface area contributed by atoms with Crippen LogP contribution in [0.15, 0.2) is 65.7 Å². The first kappa shape index (κ1) is 26.9. The minimum Gasteiger partial charge on any atom is -0.379 e. The van der Waals surface area contributed by atoms with E-state index in [4.69, 9.17) is 9.47 Å². The predicted octanol–water partition coefficient (Wildman–Crippen LogP) is 4.62. The Labute approximate surface area is 222 Å². The summed E-state index contributed by atoms with van der Waals surface area (Å²) in [6.45, 7) is 1.36. The molecule has 0 bridgehead atoms. The zero-order valence-corrected chi connectivity index (χ0v) is 21.6. The largest absolute Gasteiger partial charge is 0.418 e. The van der Waals surface area contributed by atoms with Gasteiger partial charge >= 0.3 is 6.18 Å². The summed E-state index contributed by atoms with van der Waals surface area (Å²) in [5.74, 6) is 0.702. The van der Waals surface area contributed by atoms with E-state index in [2.05, 4.69) is 20.3 Å². The van der Waals surface area contributed by atoms with Crippen LogP contribution in [0.25, 0.3) is 22.2 Å². The summed E-state index contributed by atoms with van der Waals surface area (Å²) in [5, 5.41) is 3.72. The van der Waals surface area contributed by atoms with E-state index in [1.54, 1.807) is 18.2 Å². The number of alkyl halides is 3. The van der Waals surface area contributed by atoms with Gasteiger partial charge in [-0.05, 0) is 48.5 Å². The van der Waals surface area contributed by atoms with E-state index in [-0.39, 0.29) is 22.8 Å². The van der Waals surface area contributed by atoms with Crippen LogP contribution < -0.4 is 5.32 Å². The Morgan fingerprint density at radius 1 is 1.05 bits per heavy atom. The van der Waals surface area contributed by atoms with E-state index in [0.717, 1.165) is 6.07 Å². The van der Waals surface area contributed by atoms with Crippen molar-refractivity contribution < 1.29 is 31.1 Å². The number of nitrogens with one attached hydrogen (secondary N) is 1. The third-order valence-electron chi connectivity index (χ3n) is 6.13. The first-order chi connectivity index (χ1) is 18.7. The maximum atomic E-state index is 13.6. The first-order valence-electron chi connectivity index (χ1n) is 11.9. The van der Waals surface area contributed by atoms with E-state index >= 15 is 0 Å². The Bertz CT molecular complexity index is 1590. The lowest BCUT2D eigenvalue weighted by Crippen LogP contribution is -2.40. The second-order valence-corrected chi connectivity index (χ2v) is 10.7. The molecule has 13 heteroatoms. The Morgan fingerprint density at radius 2 is 1.79 bits per heavy atom. The standard InChI is InChI=1S/C26H24F3N5O4S/c1-37-16-23-32-22-15-17(24-21(26(27,28)29)3-2-10-30-24)4-9-20(22)25(33-23)31-18-5-7-19(8-6-18)39(35,36)34-11-13-38-14-12-34/h2-10,15H,11-14,16H2,1H3,(H,31,32,33). The lowest BCUT2D eigenvalue weighted by molar-refractivity contribution is -0.137. The van der Waals surface area contributed by atoms with Crippen molar-refractivity contribution in [2.45, 2.75) is 17.7 Å². The SMILES string of the molecule is COCc1nc(Nc2ccc(S(=O)(=O)N3CCOCC3)cc2)c2ccc(-c3ncccc3C(F)(F)F)cc2n1. The fourth-order valence-electron chi connectivity index (χ4n) is 4.26. The van der Waals surface area contributed by atoms with Gasteiger partial charge in [0.2, 0.25) is 10.0 Å². The third-order valence-corrected chi connectivity index (χ3v) is 8.04. The number of aromatic nitrogens is 3. The Balaban J connectivity index is 1.49. The fourth-order valence-corrected chi connectivity index (χ4v) is 5.67. The molecular formula is C26H24F3N5O4S. The summed E-state index contributed by atoms with van der Waals surface area (Å²) >= 11 is 0. The Hall–Kier alpha value is -3.65. The third kappa shape index (κ3) is 5.71. The van der Waals surface area contributed by atoms with E-state index in [9.17, 15) is 21.6 Å². The second-order valence-electron chi connectivity index (χ2n) is 8.72. The van der Waals surface area contributed by atoms with Gasteiger partial charge in [-0.15, -0.1) is 0 Å². The lowest BCUT2D eigenvalue weighted by atomic mass is 10.0. The number of fused-ring (bicyclic) bond motifs is 1. The minimum absolute atomic E-state index is 0.0724. The van der Waals surface area contributed by atoms with Gasteiger partial charge in [-0.2, -0.15) is 17.5 Å². The highest BCUT2D eigenvalue weighted by molar-refractivity contribution is 7.89. The number of hydrogen-bond donors (Lipinski definition) is 1. The monoisotopic (exact) mass is 559 g/mol. The number of benzene rings is 2. The molecule has 5 rings (SSSR count). The van der Waals surface area contributed by atoms with E-state index in [1.165, 1.54) is 47.9 Å². The maximum Gasteiger partial charge on any atom is 0.418 e. The topological polar surface area (TPSA) is 107 Å². The molecule has 1 aliphatic rings. The molecule has 1 aliphatic heterocycles. The average molecular weight is 560 g/mol. The number of anilines is 2. The molecule has 1 fully saturated rings. The molecule has 204 valence electrons. The molecule has 0 unspecified atom stereocenters. The summed E-state index contributed by atoms with van der Waals surface area (Å²) < 4.78 is 78.4. The van der Waals surface area contributed by atoms with Crippen molar-refractivity contribution in [1.29, 1.82) is 0 Å². The van der Waals surface area contributed by atoms with Crippen LogP contribution >= 0.6 is 0 Å². The highest BCUT2D eigenvalue weighted by Gasteiger charge is 2.34. The number of halogens is 3. The molecular weight excluding hydrogens is 535 g/mol. The molecule has 0 spiro atoms. The molecule has 1 saturated heterocycles. The molecule has 39 heavy (non-hydrogen) atoms. The number of rotatable bonds is 7. The van der Waals surface area contributed by atoms with Crippen molar-refractivity contribution in [3.63, 3.8) is 0 Å². The summed E-state index contributed by atoms with van der Waals surface area (Å²) in [6.07, 6.45) is -3.26. The van der Waals surface area contributed by atoms with Gasteiger partial charge in [-0.3, -0.25) is 4.98 Å². The summed E-state index contributed by atoms with van der Waals surface area (Å²) in [4.78, 5) is 13.1. The van der Waals surface area contributed by atoms with Crippen molar-refractivity contribution in [1.82, 2.24) is 19.3 Å².